The molecule has 1 atom stereocenters. The molecule has 0 saturated carbocycles. The monoisotopic (exact) mass is 209 g/mol. The first-order chi connectivity index (χ1) is 7.38. The van der Waals surface area contributed by atoms with Crippen molar-refractivity contribution in [1.82, 2.24) is 10.3 Å². The van der Waals surface area contributed by atoms with E-state index in [1.54, 1.807) is 0 Å². The van der Waals surface area contributed by atoms with Gasteiger partial charge in [0.05, 0.1) is 0 Å². The fourth-order valence-electron chi connectivity index (χ4n) is 2.29. The fraction of sp³-hybridized carbons (Fsp3) is 0.818. The highest BCUT2D eigenvalue weighted by molar-refractivity contribution is 5.92. The van der Waals surface area contributed by atoms with Gasteiger partial charge in [-0.2, -0.15) is 5.10 Å². The lowest BCUT2D eigenvalue weighted by Gasteiger charge is -2.31. The number of hydrogen-bond donors (Lipinski definition) is 1. The Morgan fingerprint density at radius 3 is 2.80 bits per heavy atom. The quantitative estimate of drug-likeness (QED) is 0.656. The smallest absolute Gasteiger partial charge is 0.249 e. The summed E-state index contributed by atoms with van der Waals surface area (Å²) in [4.78, 5) is 11.6. The zero-order valence-electron chi connectivity index (χ0n) is 9.11. The minimum absolute atomic E-state index is 0.0203. The van der Waals surface area contributed by atoms with Gasteiger partial charge in [-0.3, -0.25) is 9.80 Å². The molecule has 1 saturated heterocycles. The number of amides is 1. The lowest BCUT2D eigenvalue weighted by atomic mass is 10.0. The number of nitrogens with zero attached hydrogens (tertiary/aromatic N) is 2. The first-order valence-corrected chi connectivity index (χ1v) is 5.97. The molecule has 15 heavy (non-hydrogen) atoms. The van der Waals surface area contributed by atoms with Crippen LogP contribution in [0.1, 0.15) is 44.9 Å². The second-order valence-corrected chi connectivity index (χ2v) is 4.34. The molecule has 84 valence electrons. The predicted molar refractivity (Wildman–Crippen MR) is 59.4 cm³/mol. The topological polar surface area (TPSA) is 44.7 Å². The van der Waals surface area contributed by atoms with Gasteiger partial charge >= 0.3 is 0 Å². The maximum atomic E-state index is 11.6. The van der Waals surface area contributed by atoms with Gasteiger partial charge in [0.2, 0.25) is 5.91 Å². The number of nitrogens with one attached hydrogen (secondary N) is 1. The average Bonchev–Trinajstić information content (AvgIpc) is 2.26. The van der Waals surface area contributed by atoms with Crippen molar-refractivity contribution in [2.24, 2.45) is 5.10 Å². The van der Waals surface area contributed by atoms with Crippen LogP contribution in [0.15, 0.2) is 5.10 Å². The number of carbonyl (C=O) groups is 1. The normalized spacial score (nSPS) is 28.1. The van der Waals surface area contributed by atoms with Gasteiger partial charge in [-0.05, 0) is 12.8 Å². The molecule has 0 aromatic heterocycles. The van der Waals surface area contributed by atoms with Gasteiger partial charge < -0.3 is 5.32 Å². The zero-order valence-corrected chi connectivity index (χ0v) is 9.11. The Bertz CT molecular complexity index is 252. The summed E-state index contributed by atoms with van der Waals surface area (Å²) in [5.41, 5.74) is 0. The summed E-state index contributed by atoms with van der Waals surface area (Å²) >= 11 is 0. The summed E-state index contributed by atoms with van der Waals surface area (Å²) in [5.74, 6) is 0.116. The molecule has 2 rings (SSSR count). The summed E-state index contributed by atoms with van der Waals surface area (Å²) in [7, 11) is 0. The molecule has 0 aromatic carbocycles. The highest BCUT2D eigenvalue weighted by Gasteiger charge is 2.26. The van der Waals surface area contributed by atoms with E-state index in [2.05, 4.69) is 10.4 Å². The van der Waals surface area contributed by atoms with E-state index in [1.165, 1.54) is 32.0 Å². The Morgan fingerprint density at radius 1 is 1.20 bits per heavy atom. The van der Waals surface area contributed by atoms with Crippen molar-refractivity contribution in [3.05, 3.63) is 0 Å². The van der Waals surface area contributed by atoms with Crippen molar-refractivity contribution in [3.63, 3.8) is 0 Å². The van der Waals surface area contributed by atoms with E-state index < -0.39 is 0 Å². The molecule has 0 radical (unpaired) electrons. The highest BCUT2D eigenvalue weighted by Crippen LogP contribution is 2.17. The predicted octanol–water partition coefficient (Wildman–Crippen LogP) is 1.47. The van der Waals surface area contributed by atoms with E-state index in [-0.39, 0.29) is 11.9 Å². The Kier molecular flexibility index (Phi) is 3.59. The summed E-state index contributed by atoms with van der Waals surface area (Å²) < 4.78 is 0. The second kappa shape index (κ2) is 5.14. The molecule has 4 heteroatoms. The van der Waals surface area contributed by atoms with Gasteiger partial charge in [-0.25, -0.2) is 0 Å². The minimum atomic E-state index is -0.0203. The summed E-state index contributed by atoms with van der Waals surface area (Å²) in [6, 6.07) is -0.0203. The third-order valence-corrected chi connectivity index (χ3v) is 3.19. The molecule has 1 N–H and O–H groups in total. The lowest BCUT2D eigenvalue weighted by molar-refractivity contribution is -0.126. The molecule has 1 amide bonds. The van der Waals surface area contributed by atoms with E-state index in [4.69, 9.17) is 0 Å². The first kappa shape index (κ1) is 10.5. The Labute approximate surface area is 90.7 Å². The van der Waals surface area contributed by atoms with Crippen LogP contribution in [0.2, 0.25) is 0 Å². The molecule has 2 aliphatic heterocycles. The third kappa shape index (κ3) is 2.70. The molecular weight excluding hydrogens is 190 g/mol. The van der Waals surface area contributed by atoms with Gasteiger partial charge in [0, 0.05) is 6.54 Å². The molecule has 2 heterocycles. The van der Waals surface area contributed by atoms with Gasteiger partial charge in [-0.1, -0.05) is 32.1 Å². The molecule has 2 aliphatic rings. The van der Waals surface area contributed by atoms with Crippen LogP contribution in [0.4, 0.5) is 0 Å². The highest BCUT2D eigenvalue weighted by atomic mass is 16.2. The van der Waals surface area contributed by atoms with Crippen molar-refractivity contribution in [1.29, 1.82) is 0 Å². The van der Waals surface area contributed by atoms with Crippen molar-refractivity contribution >= 4 is 12.2 Å². The Morgan fingerprint density at radius 2 is 1.93 bits per heavy atom. The molecular formula is C11H19N3O. The lowest BCUT2D eigenvalue weighted by Crippen LogP contribution is -2.48. The Balaban J connectivity index is 1.99. The van der Waals surface area contributed by atoms with E-state index in [1.807, 2.05) is 5.01 Å². The average molecular weight is 209 g/mol. The van der Waals surface area contributed by atoms with Crippen LogP contribution in [0.5, 0.6) is 0 Å². The van der Waals surface area contributed by atoms with Crippen molar-refractivity contribution < 1.29 is 4.79 Å². The summed E-state index contributed by atoms with van der Waals surface area (Å²) in [6.45, 7) is 0.925. The van der Waals surface area contributed by atoms with E-state index >= 15 is 0 Å². The standard InChI is InChI=1S/C11H19N3O/c15-11-10-7-5-3-1-2-4-6-8-14(10)13-9-12-11/h9-10H,1-8H2,(H,12,13,15). The number of hydrogen-bond acceptors (Lipinski definition) is 3. The largest absolute Gasteiger partial charge is 0.314 e. The zero-order chi connectivity index (χ0) is 10.5. The third-order valence-electron chi connectivity index (χ3n) is 3.19. The molecule has 0 aliphatic carbocycles. The molecule has 1 fully saturated rings. The number of rotatable bonds is 0. The fourth-order valence-corrected chi connectivity index (χ4v) is 2.29. The van der Waals surface area contributed by atoms with Crippen LogP contribution < -0.4 is 5.32 Å². The number of carbonyl (C=O) groups excluding carboxylic acids is 1. The van der Waals surface area contributed by atoms with Crippen LogP contribution in [0, 0.1) is 0 Å². The Hall–Kier alpha value is -1.06. The van der Waals surface area contributed by atoms with Crippen molar-refractivity contribution in [2.75, 3.05) is 6.54 Å². The van der Waals surface area contributed by atoms with Crippen LogP contribution in [0.3, 0.4) is 0 Å². The minimum Gasteiger partial charge on any atom is -0.314 e. The summed E-state index contributed by atoms with van der Waals surface area (Å²) in [6.07, 6.45) is 9.92. The van der Waals surface area contributed by atoms with E-state index in [9.17, 15) is 4.79 Å². The number of fused-ring (bicyclic) bond motifs is 1. The van der Waals surface area contributed by atoms with Gasteiger partial charge in [0.15, 0.2) is 0 Å². The number of hydrazone groups is 1. The van der Waals surface area contributed by atoms with E-state index in [0.717, 1.165) is 25.8 Å². The molecule has 0 spiro atoms. The maximum absolute atomic E-state index is 11.6. The van der Waals surface area contributed by atoms with Gasteiger partial charge in [0.25, 0.3) is 0 Å². The van der Waals surface area contributed by atoms with Gasteiger partial charge in [0.1, 0.15) is 12.4 Å². The SMILES string of the molecule is O=C1NC=NN2CCCCCCCCC12. The van der Waals surface area contributed by atoms with Crippen LogP contribution >= 0.6 is 0 Å². The second-order valence-electron chi connectivity index (χ2n) is 4.34. The molecule has 0 bridgehead atoms. The van der Waals surface area contributed by atoms with E-state index in [0.29, 0.717) is 0 Å². The van der Waals surface area contributed by atoms with Crippen molar-refractivity contribution in [2.45, 2.75) is 51.0 Å². The van der Waals surface area contributed by atoms with Crippen molar-refractivity contribution in [3.8, 4) is 0 Å². The van der Waals surface area contributed by atoms with Crippen LogP contribution in [-0.4, -0.2) is 29.8 Å². The summed E-state index contributed by atoms with van der Waals surface area (Å²) in [5, 5.41) is 8.91. The molecule has 1 unspecified atom stereocenters. The van der Waals surface area contributed by atoms with Gasteiger partial charge in [-0.15, -0.1) is 0 Å². The molecule has 4 nitrogen and oxygen atoms in total. The van der Waals surface area contributed by atoms with Crippen LogP contribution in [0.25, 0.3) is 0 Å². The first-order valence-electron chi connectivity index (χ1n) is 5.97. The molecule has 0 aromatic rings. The van der Waals surface area contributed by atoms with Crippen LogP contribution in [-0.2, 0) is 4.79 Å². The maximum Gasteiger partial charge on any atom is 0.249 e.